The van der Waals surface area contributed by atoms with Crippen LogP contribution in [0.4, 0.5) is 0 Å². The van der Waals surface area contributed by atoms with E-state index in [0.29, 0.717) is 0 Å². The first-order chi connectivity index (χ1) is 8.00. The summed E-state index contributed by atoms with van der Waals surface area (Å²) in [5.74, 6) is 1.06. The van der Waals surface area contributed by atoms with E-state index < -0.39 is 0 Å². The largest absolute Gasteiger partial charge is 0.396 e. The molecule has 4 heteroatoms. The summed E-state index contributed by atoms with van der Waals surface area (Å²) in [4.78, 5) is 6.55. The molecule has 0 saturated carbocycles. The molecule has 98 valence electrons. The Bertz CT molecular complexity index is 337. The molecule has 1 unspecified atom stereocenters. The van der Waals surface area contributed by atoms with Gasteiger partial charge in [0.25, 0.3) is 0 Å². The van der Waals surface area contributed by atoms with Gasteiger partial charge in [0.1, 0.15) is 5.82 Å². The van der Waals surface area contributed by atoms with Crippen LogP contribution in [0.2, 0.25) is 0 Å². The van der Waals surface area contributed by atoms with Crippen molar-refractivity contribution in [2.45, 2.75) is 33.2 Å². The maximum absolute atomic E-state index is 9.50. The highest BCUT2D eigenvalue weighted by atomic mass is 16.3. The number of aromatic nitrogens is 2. The molecule has 1 aromatic heterocycles. The van der Waals surface area contributed by atoms with Crippen molar-refractivity contribution in [2.75, 3.05) is 20.2 Å². The van der Waals surface area contributed by atoms with Gasteiger partial charge in [-0.05, 0) is 13.5 Å². The number of nitrogens with zero attached hydrogens (tertiary/aromatic N) is 3. The van der Waals surface area contributed by atoms with Gasteiger partial charge in [-0.2, -0.15) is 0 Å². The van der Waals surface area contributed by atoms with Gasteiger partial charge in [0, 0.05) is 38.0 Å². The third-order valence-corrected chi connectivity index (χ3v) is 3.22. The Kier molecular flexibility index (Phi) is 5.15. The van der Waals surface area contributed by atoms with Gasteiger partial charge < -0.3 is 9.67 Å². The number of hydrogen-bond donors (Lipinski definition) is 1. The van der Waals surface area contributed by atoms with Crippen LogP contribution in [0.1, 0.15) is 32.5 Å². The van der Waals surface area contributed by atoms with Gasteiger partial charge in [-0.1, -0.05) is 20.3 Å². The molecule has 17 heavy (non-hydrogen) atoms. The molecular formula is C13H25N3O. The zero-order chi connectivity index (χ0) is 12.9. The molecule has 0 spiro atoms. The molecule has 1 aromatic rings. The molecule has 1 N–H and O–H groups in total. The first-order valence-corrected chi connectivity index (χ1v) is 6.26. The third kappa shape index (κ3) is 4.13. The van der Waals surface area contributed by atoms with Gasteiger partial charge in [-0.25, -0.2) is 4.98 Å². The second kappa shape index (κ2) is 6.17. The van der Waals surface area contributed by atoms with E-state index in [9.17, 15) is 5.11 Å². The van der Waals surface area contributed by atoms with Gasteiger partial charge in [0.05, 0.1) is 6.54 Å². The number of aliphatic hydroxyl groups excluding tert-OH is 1. The first kappa shape index (κ1) is 14.2. The lowest BCUT2D eigenvalue weighted by Gasteiger charge is -2.31. The Labute approximate surface area is 104 Å². The molecule has 0 fully saturated rings. The lowest BCUT2D eigenvalue weighted by Crippen LogP contribution is -2.36. The average molecular weight is 239 g/mol. The fraction of sp³-hybridized carbons (Fsp3) is 0.769. The summed E-state index contributed by atoms with van der Waals surface area (Å²) >= 11 is 0. The Balaban J connectivity index is 2.53. The smallest absolute Gasteiger partial charge is 0.122 e. The molecule has 1 heterocycles. The van der Waals surface area contributed by atoms with Crippen LogP contribution in [-0.4, -0.2) is 39.8 Å². The number of imidazole rings is 1. The summed E-state index contributed by atoms with van der Waals surface area (Å²) in [5, 5.41) is 9.50. The monoisotopic (exact) mass is 239 g/mol. The van der Waals surface area contributed by atoms with Crippen LogP contribution in [0.3, 0.4) is 0 Å². The van der Waals surface area contributed by atoms with E-state index in [4.69, 9.17) is 0 Å². The second-order valence-electron chi connectivity index (χ2n) is 5.35. The van der Waals surface area contributed by atoms with Crippen LogP contribution in [0.25, 0.3) is 0 Å². The summed E-state index contributed by atoms with van der Waals surface area (Å²) in [7, 11) is 4.09. The van der Waals surface area contributed by atoms with Gasteiger partial charge in [-0.3, -0.25) is 4.90 Å². The van der Waals surface area contributed by atoms with Gasteiger partial charge >= 0.3 is 0 Å². The van der Waals surface area contributed by atoms with Crippen molar-refractivity contribution in [2.24, 2.45) is 12.5 Å². The fourth-order valence-electron chi connectivity index (χ4n) is 2.31. The lowest BCUT2D eigenvalue weighted by molar-refractivity contribution is 0.0866. The maximum atomic E-state index is 9.50. The van der Waals surface area contributed by atoms with Crippen molar-refractivity contribution in [1.29, 1.82) is 0 Å². The van der Waals surface area contributed by atoms with Crippen LogP contribution in [0, 0.1) is 5.41 Å². The van der Waals surface area contributed by atoms with Crippen molar-refractivity contribution < 1.29 is 5.11 Å². The first-order valence-electron chi connectivity index (χ1n) is 6.26. The van der Waals surface area contributed by atoms with Crippen molar-refractivity contribution in [1.82, 2.24) is 14.5 Å². The van der Waals surface area contributed by atoms with E-state index in [-0.39, 0.29) is 12.0 Å². The van der Waals surface area contributed by atoms with Crippen LogP contribution >= 0.6 is 0 Å². The van der Waals surface area contributed by atoms with Gasteiger partial charge in [0.15, 0.2) is 0 Å². The van der Waals surface area contributed by atoms with E-state index in [1.54, 1.807) is 0 Å². The second-order valence-corrected chi connectivity index (χ2v) is 5.35. The maximum Gasteiger partial charge on any atom is 0.122 e. The zero-order valence-electron chi connectivity index (χ0n) is 11.5. The Morgan fingerprint density at radius 3 is 2.71 bits per heavy atom. The highest BCUT2D eigenvalue weighted by Crippen LogP contribution is 2.23. The van der Waals surface area contributed by atoms with Crippen LogP contribution in [-0.2, 0) is 13.6 Å². The van der Waals surface area contributed by atoms with Gasteiger partial charge in [0.2, 0.25) is 0 Å². The van der Waals surface area contributed by atoms with Crippen molar-refractivity contribution in [3.05, 3.63) is 18.2 Å². The fourth-order valence-corrected chi connectivity index (χ4v) is 2.31. The van der Waals surface area contributed by atoms with E-state index in [1.807, 2.05) is 24.0 Å². The molecule has 0 bridgehead atoms. The normalized spacial score (nSPS) is 15.2. The van der Waals surface area contributed by atoms with Crippen molar-refractivity contribution in [3.8, 4) is 0 Å². The molecule has 0 amide bonds. The number of aliphatic hydroxyl groups is 1. The van der Waals surface area contributed by atoms with E-state index in [0.717, 1.165) is 31.8 Å². The van der Waals surface area contributed by atoms with Crippen molar-refractivity contribution >= 4 is 0 Å². The zero-order valence-corrected chi connectivity index (χ0v) is 11.5. The van der Waals surface area contributed by atoms with Crippen LogP contribution in [0.15, 0.2) is 12.4 Å². The minimum Gasteiger partial charge on any atom is -0.396 e. The molecule has 1 atom stereocenters. The summed E-state index contributed by atoms with van der Waals surface area (Å²) in [5.41, 5.74) is -0.00529. The summed E-state index contributed by atoms with van der Waals surface area (Å²) in [6.45, 7) is 6.26. The van der Waals surface area contributed by atoms with E-state index in [1.165, 1.54) is 0 Å². The minimum absolute atomic E-state index is 0.00529. The topological polar surface area (TPSA) is 41.3 Å². The minimum atomic E-state index is -0.00529. The van der Waals surface area contributed by atoms with Gasteiger partial charge in [-0.15, -0.1) is 0 Å². The molecule has 0 saturated heterocycles. The molecule has 0 aromatic carbocycles. The standard InChI is InChI=1S/C13H25N3O/c1-5-6-13(2,11-17)10-15(3)9-12-14-7-8-16(12)4/h7-8,17H,5-6,9-11H2,1-4H3. The summed E-state index contributed by atoms with van der Waals surface area (Å²) < 4.78 is 2.03. The Hall–Kier alpha value is -0.870. The molecule has 4 nitrogen and oxygen atoms in total. The Morgan fingerprint density at radius 2 is 2.24 bits per heavy atom. The lowest BCUT2D eigenvalue weighted by atomic mass is 9.86. The average Bonchev–Trinajstić information content (AvgIpc) is 2.64. The third-order valence-electron chi connectivity index (χ3n) is 3.22. The number of rotatable bonds is 7. The SMILES string of the molecule is CCCC(C)(CO)CN(C)Cc1nccn1C. The molecule has 0 aliphatic rings. The molecule has 0 radical (unpaired) electrons. The predicted octanol–water partition coefficient (Wildman–Crippen LogP) is 1.65. The highest BCUT2D eigenvalue weighted by molar-refractivity contribution is 4.91. The Morgan fingerprint density at radius 1 is 1.53 bits per heavy atom. The summed E-state index contributed by atoms with van der Waals surface area (Å²) in [6, 6.07) is 0. The highest BCUT2D eigenvalue weighted by Gasteiger charge is 2.24. The van der Waals surface area contributed by atoms with Crippen molar-refractivity contribution in [3.63, 3.8) is 0 Å². The van der Waals surface area contributed by atoms with Crippen LogP contribution < -0.4 is 0 Å². The predicted molar refractivity (Wildman–Crippen MR) is 69.6 cm³/mol. The molecular weight excluding hydrogens is 214 g/mol. The van der Waals surface area contributed by atoms with E-state index >= 15 is 0 Å². The molecule has 1 rings (SSSR count). The number of aryl methyl sites for hydroxylation is 1. The quantitative estimate of drug-likeness (QED) is 0.786. The number of hydrogen-bond acceptors (Lipinski definition) is 3. The molecule has 0 aliphatic heterocycles. The van der Waals surface area contributed by atoms with E-state index in [2.05, 4.69) is 30.8 Å². The molecule has 0 aliphatic carbocycles. The summed E-state index contributed by atoms with van der Waals surface area (Å²) in [6.07, 6.45) is 5.93. The van der Waals surface area contributed by atoms with Crippen LogP contribution in [0.5, 0.6) is 0 Å².